The lowest BCUT2D eigenvalue weighted by atomic mass is 10.2. The number of anilines is 1. The predicted molar refractivity (Wildman–Crippen MR) is 117 cm³/mol. The molecule has 0 unspecified atom stereocenters. The molecule has 6 nitrogen and oxygen atoms in total. The summed E-state index contributed by atoms with van der Waals surface area (Å²) in [5.41, 5.74) is 2.12. The molecule has 0 saturated carbocycles. The third-order valence-electron chi connectivity index (χ3n) is 3.26. The number of guanidine groups is 1. The van der Waals surface area contributed by atoms with E-state index in [9.17, 15) is 0 Å². The first kappa shape index (κ1) is 21.5. The van der Waals surface area contributed by atoms with E-state index >= 15 is 0 Å². The molecular formula is C17H26IN5OS. The summed E-state index contributed by atoms with van der Waals surface area (Å²) in [6.45, 7) is 4.10. The van der Waals surface area contributed by atoms with E-state index in [-0.39, 0.29) is 24.0 Å². The fourth-order valence-corrected chi connectivity index (χ4v) is 2.80. The SMILES string of the molecule is CCNC(=NCc1cccc(OC)c1)NCc1csc(N(C)C)n1.I. The van der Waals surface area contributed by atoms with Crippen molar-refractivity contribution in [3.8, 4) is 5.75 Å². The van der Waals surface area contributed by atoms with Gasteiger partial charge in [0.1, 0.15) is 5.75 Å². The number of thiazole rings is 1. The van der Waals surface area contributed by atoms with Crippen LogP contribution in [0.4, 0.5) is 5.13 Å². The fourth-order valence-electron chi connectivity index (χ4n) is 2.04. The summed E-state index contributed by atoms with van der Waals surface area (Å²) in [7, 11) is 5.66. The van der Waals surface area contributed by atoms with Gasteiger partial charge in [0, 0.05) is 26.0 Å². The van der Waals surface area contributed by atoms with E-state index in [0.29, 0.717) is 13.1 Å². The summed E-state index contributed by atoms with van der Waals surface area (Å²) in [6.07, 6.45) is 0. The van der Waals surface area contributed by atoms with Crippen LogP contribution < -0.4 is 20.3 Å². The van der Waals surface area contributed by atoms with Gasteiger partial charge < -0.3 is 20.3 Å². The molecule has 0 amide bonds. The first-order chi connectivity index (χ1) is 11.6. The molecule has 0 atom stereocenters. The molecule has 8 heteroatoms. The van der Waals surface area contributed by atoms with Gasteiger partial charge in [0.05, 0.1) is 25.9 Å². The van der Waals surface area contributed by atoms with Gasteiger partial charge in [-0.25, -0.2) is 9.98 Å². The number of hydrogen-bond donors (Lipinski definition) is 2. The molecule has 2 aromatic rings. The molecular weight excluding hydrogens is 449 g/mol. The average molecular weight is 475 g/mol. The van der Waals surface area contributed by atoms with Crippen molar-refractivity contribution in [3.63, 3.8) is 0 Å². The molecule has 0 radical (unpaired) electrons. The third-order valence-corrected chi connectivity index (χ3v) is 4.31. The van der Waals surface area contributed by atoms with Crippen molar-refractivity contribution < 1.29 is 4.74 Å². The van der Waals surface area contributed by atoms with Crippen LogP contribution in [0.25, 0.3) is 0 Å². The van der Waals surface area contributed by atoms with Crippen LogP contribution in [0, 0.1) is 0 Å². The van der Waals surface area contributed by atoms with Gasteiger partial charge in [0.15, 0.2) is 11.1 Å². The summed E-state index contributed by atoms with van der Waals surface area (Å²) in [5.74, 6) is 1.62. The maximum absolute atomic E-state index is 5.25. The maximum Gasteiger partial charge on any atom is 0.191 e. The lowest BCUT2D eigenvalue weighted by molar-refractivity contribution is 0.414. The molecule has 0 saturated heterocycles. The Labute approximate surface area is 170 Å². The highest BCUT2D eigenvalue weighted by Crippen LogP contribution is 2.17. The topological polar surface area (TPSA) is 61.8 Å². The van der Waals surface area contributed by atoms with Crippen LogP contribution in [0.1, 0.15) is 18.2 Å². The molecule has 1 aromatic carbocycles. The molecule has 0 fully saturated rings. The molecule has 2 N–H and O–H groups in total. The molecule has 0 aliphatic rings. The number of benzene rings is 1. The second kappa shape index (κ2) is 11.1. The molecule has 0 aliphatic carbocycles. The monoisotopic (exact) mass is 475 g/mol. The minimum Gasteiger partial charge on any atom is -0.497 e. The number of methoxy groups -OCH3 is 1. The highest BCUT2D eigenvalue weighted by Gasteiger charge is 2.05. The molecule has 138 valence electrons. The summed E-state index contributed by atoms with van der Waals surface area (Å²) >= 11 is 1.64. The van der Waals surface area contributed by atoms with E-state index in [1.165, 1.54) is 0 Å². The third kappa shape index (κ3) is 7.07. The predicted octanol–water partition coefficient (Wildman–Crippen LogP) is 3.09. The second-order valence-corrected chi connectivity index (χ2v) is 6.25. The van der Waals surface area contributed by atoms with Crippen molar-refractivity contribution in [3.05, 3.63) is 40.9 Å². The number of nitrogens with zero attached hydrogens (tertiary/aromatic N) is 3. The number of ether oxygens (including phenoxy) is 1. The molecule has 1 aromatic heterocycles. The lowest BCUT2D eigenvalue weighted by Gasteiger charge is -2.11. The van der Waals surface area contributed by atoms with Crippen LogP contribution in [0.2, 0.25) is 0 Å². The number of aromatic nitrogens is 1. The van der Waals surface area contributed by atoms with Crippen LogP contribution >= 0.6 is 35.3 Å². The maximum atomic E-state index is 5.25. The summed E-state index contributed by atoms with van der Waals surface area (Å²) in [4.78, 5) is 11.2. The van der Waals surface area contributed by atoms with E-state index < -0.39 is 0 Å². The van der Waals surface area contributed by atoms with Crippen molar-refractivity contribution in [1.29, 1.82) is 0 Å². The first-order valence-electron chi connectivity index (χ1n) is 7.89. The quantitative estimate of drug-likeness (QED) is 0.366. The molecule has 1 heterocycles. The molecule has 0 spiro atoms. The van der Waals surface area contributed by atoms with Crippen molar-refractivity contribution in [2.24, 2.45) is 4.99 Å². The standard InChI is InChI=1S/C17H25N5OS.HI/c1-5-18-16(19-10-13-7-6-8-15(9-13)23-4)20-11-14-12-24-17(21-14)22(2)3;/h6-9,12H,5,10-11H2,1-4H3,(H2,18,19,20);1H. The van der Waals surface area contributed by atoms with Crippen molar-refractivity contribution >= 4 is 46.4 Å². The van der Waals surface area contributed by atoms with E-state index in [0.717, 1.165) is 34.6 Å². The second-order valence-electron chi connectivity index (χ2n) is 5.42. The van der Waals surface area contributed by atoms with Crippen LogP contribution in [0.5, 0.6) is 5.75 Å². The first-order valence-corrected chi connectivity index (χ1v) is 8.77. The Morgan fingerprint density at radius 1 is 1.32 bits per heavy atom. The van der Waals surface area contributed by atoms with E-state index in [2.05, 4.69) is 32.9 Å². The van der Waals surface area contributed by atoms with Gasteiger partial charge in [-0.2, -0.15) is 0 Å². The lowest BCUT2D eigenvalue weighted by Crippen LogP contribution is -2.36. The van der Waals surface area contributed by atoms with Gasteiger partial charge >= 0.3 is 0 Å². The van der Waals surface area contributed by atoms with Crippen LogP contribution in [0.3, 0.4) is 0 Å². The van der Waals surface area contributed by atoms with Crippen molar-refractivity contribution in [2.45, 2.75) is 20.0 Å². The number of halogens is 1. The number of nitrogens with one attached hydrogen (secondary N) is 2. The van der Waals surface area contributed by atoms with E-state index in [1.807, 2.05) is 43.3 Å². The van der Waals surface area contributed by atoms with Crippen molar-refractivity contribution in [2.75, 3.05) is 32.6 Å². The van der Waals surface area contributed by atoms with Crippen LogP contribution in [-0.4, -0.2) is 38.7 Å². The Hall–Kier alpha value is -1.55. The van der Waals surface area contributed by atoms with Gasteiger partial charge in [-0.15, -0.1) is 35.3 Å². The minimum absolute atomic E-state index is 0. The smallest absolute Gasteiger partial charge is 0.191 e. The van der Waals surface area contributed by atoms with Gasteiger partial charge in [0.2, 0.25) is 0 Å². The van der Waals surface area contributed by atoms with E-state index in [1.54, 1.807) is 18.4 Å². The van der Waals surface area contributed by atoms with Crippen LogP contribution in [-0.2, 0) is 13.1 Å². The Kier molecular flexibility index (Phi) is 9.58. The zero-order valence-corrected chi connectivity index (χ0v) is 18.2. The van der Waals surface area contributed by atoms with Gasteiger partial charge in [-0.3, -0.25) is 0 Å². The Balaban J connectivity index is 0.00000312. The average Bonchev–Trinajstić information content (AvgIpc) is 3.07. The fraction of sp³-hybridized carbons (Fsp3) is 0.412. The van der Waals surface area contributed by atoms with Crippen molar-refractivity contribution in [1.82, 2.24) is 15.6 Å². The van der Waals surface area contributed by atoms with Crippen LogP contribution in [0.15, 0.2) is 34.6 Å². The zero-order chi connectivity index (χ0) is 17.4. The summed E-state index contributed by atoms with van der Waals surface area (Å²) in [6, 6.07) is 7.94. The number of aliphatic imine (C=N–C) groups is 1. The number of rotatable bonds is 7. The molecule has 0 aliphatic heterocycles. The Morgan fingerprint density at radius 2 is 2.12 bits per heavy atom. The highest BCUT2D eigenvalue weighted by atomic mass is 127. The molecule has 25 heavy (non-hydrogen) atoms. The molecule has 0 bridgehead atoms. The summed E-state index contributed by atoms with van der Waals surface area (Å²) < 4.78 is 5.25. The Bertz CT molecular complexity index is 675. The van der Waals surface area contributed by atoms with Gasteiger partial charge in [-0.1, -0.05) is 12.1 Å². The largest absolute Gasteiger partial charge is 0.497 e. The van der Waals surface area contributed by atoms with Gasteiger partial charge in [0.25, 0.3) is 0 Å². The normalized spacial score (nSPS) is 10.8. The van der Waals surface area contributed by atoms with E-state index in [4.69, 9.17) is 4.74 Å². The Morgan fingerprint density at radius 3 is 2.76 bits per heavy atom. The number of hydrogen-bond acceptors (Lipinski definition) is 5. The highest BCUT2D eigenvalue weighted by molar-refractivity contribution is 14.0. The minimum atomic E-state index is 0. The van der Waals surface area contributed by atoms with Gasteiger partial charge in [-0.05, 0) is 24.6 Å². The summed E-state index contributed by atoms with van der Waals surface area (Å²) in [5, 5.41) is 9.64. The molecule has 2 rings (SSSR count). The zero-order valence-electron chi connectivity index (χ0n) is 15.1.